The third-order valence-corrected chi connectivity index (χ3v) is 4.39. The third kappa shape index (κ3) is 3.34. The number of non-ortho nitro benzene ring substituents is 1. The van der Waals surface area contributed by atoms with E-state index in [4.69, 9.17) is 16.0 Å². The molecule has 0 aliphatic carbocycles. The standard InChI is InChI=1S/C18H15ClN2O4/c1-11(12-4-3-5-15(9-12)21(23)24)20(2)18(22)17-10-13-8-14(19)6-7-16(13)25-17/h3-11H,1-2H3/t11-/m0/s1. The molecule has 0 radical (unpaired) electrons. The molecule has 25 heavy (non-hydrogen) atoms. The first kappa shape index (κ1) is 17.0. The van der Waals surface area contributed by atoms with Crippen LogP contribution in [-0.4, -0.2) is 22.8 Å². The summed E-state index contributed by atoms with van der Waals surface area (Å²) < 4.78 is 5.60. The van der Waals surface area contributed by atoms with E-state index in [1.54, 1.807) is 50.4 Å². The van der Waals surface area contributed by atoms with Gasteiger partial charge in [-0.25, -0.2) is 0 Å². The number of nitro groups is 1. The fourth-order valence-corrected chi connectivity index (χ4v) is 2.77. The number of halogens is 1. The molecule has 0 spiro atoms. The molecule has 3 aromatic rings. The molecule has 128 valence electrons. The van der Waals surface area contributed by atoms with Gasteiger partial charge in [0.25, 0.3) is 11.6 Å². The molecule has 0 unspecified atom stereocenters. The molecule has 1 heterocycles. The van der Waals surface area contributed by atoms with Crippen molar-refractivity contribution in [2.24, 2.45) is 0 Å². The number of rotatable bonds is 4. The third-order valence-electron chi connectivity index (χ3n) is 4.15. The van der Waals surface area contributed by atoms with Gasteiger partial charge in [-0.2, -0.15) is 0 Å². The molecule has 0 saturated heterocycles. The Kier molecular flexibility index (Phi) is 4.46. The van der Waals surface area contributed by atoms with Crippen LogP contribution in [0.1, 0.15) is 29.1 Å². The van der Waals surface area contributed by atoms with Crippen LogP contribution in [0.3, 0.4) is 0 Å². The largest absolute Gasteiger partial charge is 0.451 e. The Bertz CT molecular complexity index is 967. The predicted molar refractivity (Wildman–Crippen MR) is 94.8 cm³/mol. The van der Waals surface area contributed by atoms with Crippen LogP contribution in [-0.2, 0) is 0 Å². The molecular formula is C18H15ClN2O4. The van der Waals surface area contributed by atoms with Gasteiger partial charge in [-0.15, -0.1) is 0 Å². The minimum absolute atomic E-state index is 0.0106. The molecule has 0 aliphatic heterocycles. The number of fused-ring (bicyclic) bond motifs is 1. The Morgan fingerprint density at radius 3 is 2.72 bits per heavy atom. The molecule has 0 bridgehead atoms. The Labute approximate surface area is 148 Å². The summed E-state index contributed by atoms with van der Waals surface area (Å²) in [4.78, 5) is 24.7. The summed E-state index contributed by atoms with van der Waals surface area (Å²) in [5.74, 6) is -0.122. The molecule has 6 nitrogen and oxygen atoms in total. The van der Waals surface area contributed by atoms with Crippen molar-refractivity contribution < 1.29 is 14.1 Å². The quantitative estimate of drug-likeness (QED) is 0.494. The molecule has 1 aromatic heterocycles. The van der Waals surface area contributed by atoms with Crippen molar-refractivity contribution in [3.05, 3.63) is 75.0 Å². The molecule has 0 fully saturated rings. The monoisotopic (exact) mass is 358 g/mol. The lowest BCUT2D eigenvalue weighted by molar-refractivity contribution is -0.384. The zero-order chi connectivity index (χ0) is 18.1. The summed E-state index contributed by atoms with van der Waals surface area (Å²) in [5.41, 5.74) is 1.23. The van der Waals surface area contributed by atoms with Gasteiger partial charge in [0.1, 0.15) is 5.58 Å². The smallest absolute Gasteiger partial charge is 0.289 e. The van der Waals surface area contributed by atoms with Crippen molar-refractivity contribution >= 4 is 34.2 Å². The summed E-state index contributed by atoms with van der Waals surface area (Å²) >= 11 is 5.95. The highest BCUT2D eigenvalue weighted by Crippen LogP contribution is 2.27. The molecule has 0 aliphatic rings. The highest BCUT2D eigenvalue weighted by atomic mass is 35.5. The number of carbonyl (C=O) groups excluding carboxylic acids is 1. The molecule has 0 saturated carbocycles. The van der Waals surface area contributed by atoms with Gasteiger partial charge in [-0.1, -0.05) is 23.7 Å². The van der Waals surface area contributed by atoms with Gasteiger partial charge < -0.3 is 9.32 Å². The number of furan rings is 1. The fraction of sp³-hybridized carbons (Fsp3) is 0.167. The summed E-state index contributed by atoms with van der Waals surface area (Å²) in [6.45, 7) is 1.80. The zero-order valence-electron chi connectivity index (χ0n) is 13.6. The van der Waals surface area contributed by atoms with Gasteiger partial charge in [0.15, 0.2) is 5.76 Å². The minimum Gasteiger partial charge on any atom is -0.451 e. The number of carbonyl (C=O) groups is 1. The lowest BCUT2D eigenvalue weighted by Gasteiger charge is -2.24. The van der Waals surface area contributed by atoms with Crippen LogP contribution < -0.4 is 0 Å². The van der Waals surface area contributed by atoms with Crippen LogP contribution in [0.25, 0.3) is 11.0 Å². The Morgan fingerprint density at radius 1 is 1.24 bits per heavy atom. The Morgan fingerprint density at radius 2 is 2.00 bits per heavy atom. The van der Waals surface area contributed by atoms with Crippen LogP contribution in [0.4, 0.5) is 5.69 Å². The zero-order valence-corrected chi connectivity index (χ0v) is 14.4. The van der Waals surface area contributed by atoms with E-state index >= 15 is 0 Å². The first-order valence-corrected chi connectivity index (χ1v) is 7.95. The van der Waals surface area contributed by atoms with E-state index in [-0.39, 0.29) is 23.4 Å². The van der Waals surface area contributed by atoms with Gasteiger partial charge in [0.2, 0.25) is 0 Å². The van der Waals surface area contributed by atoms with Gasteiger partial charge in [-0.05, 0) is 36.8 Å². The molecule has 1 atom stereocenters. The molecule has 7 heteroatoms. The Hall–Kier alpha value is -2.86. The molecule has 1 amide bonds. The number of hydrogen-bond acceptors (Lipinski definition) is 4. The van der Waals surface area contributed by atoms with Gasteiger partial charge >= 0.3 is 0 Å². The van der Waals surface area contributed by atoms with E-state index in [0.29, 0.717) is 16.2 Å². The average Bonchev–Trinajstić information content (AvgIpc) is 3.02. The van der Waals surface area contributed by atoms with E-state index < -0.39 is 4.92 Å². The SMILES string of the molecule is C[C@@H](c1cccc([N+](=O)[O-])c1)N(C)C(=O)c1cc2cc(Cl)ccc2o1. The first-order valence-electron chi connectivity index (χ1n) is 7.57. The normalized spacial score (nSPS) is 12.1. The van der Waals surface area contributed by atoms with E-state index in [2.05, 4.69) is 0 Å². The average molecular weight is 359 g/mol. The second-order valence-electron chi connectivity index (χ2n) is 5.74. The van der Waals surface area contributed by atoms with Crippen LogP contribution >= 0.6 is 11.6 Å². The molecule has 0 N–H and O–H groups in total. The van der Waals surface area contributed by atoms with Crippen LogP contribution in [0.15, 0.2) is 52.9 Å². The maximum absolute atomic E-state index is 12.7. The number of nitro benzene ring substituents is 1. The summed E-state index contributed by atoms with van der Waals surface area (Å²) in [6.07, 6.45) is 0. The minimum atomic E-state index is -0.457. The van der Waals surface area contributed by atoms with Crippen molar-refractivity contribution in [2.45, 2.75) is 13.0 Å². The molecule has 3 rings (SSSR count). The van der Waals surface area contributed by atoms with E-state index in [1.165, 1.54) is 17.0 Å². The van der Waals surface area contributed by atoms with Gasteiger partial charge in [-0.3, -0.25) is 14.9 Å². The maximum atomic E-state index is 12.7. The number of hydrogen-bond donors (Lipinski definition) is 0. The second-order valence-corrected chi connectivity index (χ2v) is 6.17. The van der Waals surface area contributed by atoms with Crippen molar-refractivity contribution in [3.8, 4) is 0 Å². The summed E-state index contributed by atoms with van der Waals surface area (Å²) in [5, 5.41) is 12.2. The van der Waals surface area contributed by atoms with Crippen molar-refractivity contribution in [1.29, 1.82) is 0 Å². The molecular weight excluding hydrogens is 344 g/mol. The van der Waals surface area contributed by atoms with Crippen molar-refractivity contribution in [1.82, 2.24) is 4.90 Å². The highest BCUT2D eigenvalue weighted by molar-refractivity contribution is 6.31. The van der Waals surface area contributed by atoms with Crippen LogP contribution in [0, 0.1) is 10.1 Å². The van der Waals surface area contributed by atoms with Crippen LogP contribution in [0.5, 0.6) is 0 Å². The summed E-state index contributed by atoms with van der Waals surface area (Å²) in [7, 11) is 1.63. The second kappa shape index (κ2) is 6.57. The van der Waals surface area contributed by atoms with Crippen molar-refractivity contribution in [3.63, 3.8) is 0 Å². The number of benzene rings is 2. The van der Waals surface area contributed by atoms with Gasteiger partial charge in [0.05, 0.1) is 11.0 Å². The molecule has 2 aromatic carbocycles. The van der Waals surface area contributed by atoms with E-state index in [0.717, 1.165) is 5.39 Å². The fourth-order valence-electron chi connectivity index (χ4n) is 2.59. The lowest BCUT2D eigenvalue weighted by atomic mass is 10.1. The number of nitrogens with zero attached hydrogens (tertiary/aromatic N) is 2. The maximum Gasteiger partial charge on any atom is 0.289 e. The van der Waals surface area contributed by atoms with Gasteiger partial charge in [0, 0.05) is 29.6 Å². The Balaban J connectivity index is 1.87. The number of amides is 1. The summed E-state index contributed by atoms with van der Waals surface area (Å²) in [6, 6.07) is 12.6. The van der Waals surface area contributed by atoms with E-state index in [9.17, 15) is 14.9 Å². The first-order chi connectivity index (χ1) is 11.9. The van der Waals surface area contributed by atoms with E-state index in [1.807, 2.05) is 0 Å². The highest BCUT2D eigenvalue weighted by Gasteiger charge is 2.23. The van der Waals surface area contributed by atoms with Crippen LogP contribution in [0.2, 0.25) is 5.02 Å². The lowest BCUT2D eigenvalue weighted by Crippen LogP contribution is -2.29. The predicted octanol–water partition coefficient (Wildman–Crippen LogP) is 4.83. The topological polar surface area (TPSA) is 76.6 Å². The van der Waals surface area contributed by atoms with Crippen molar-refractivity contribution in [2.75, 3.05) is 7.05 Å².